The lowest BCUT2D eigenvalue weighted by atomic mass is 9.79. The van der Waals surface area contributed by atoms with Crippen LogP contribution in [0.3, 0.4) is 0 Å². The molecule has 0 bridgehead atoms. The van der Waals surface area contributed by atoms with Crippen LogP contribution >= 0.6 is 0 Å². The number of hydrogen-bond donors (Lipinski definition) is 9. The molecule has 0 saturated heterocycles. The van der Waals surface area contributed by atoms with Crippen molar-refractivity contribution in [1.29, 1.82) is 0 Å². The molecule has 3 aromatic carbocycles. The summed E-state index contributed by atoms with van der Waals surface area (Å²) in [6.45, 7) is 11.8. The van der Waals surface area contributed by atoms with Crippen molar-refractivity contribution in [3.05, 3.63) is 305 Å². The third-order valence-corrected chi connectivity index (χ3v) is 21.8. The van der Waals surface area contributed by atoms with Gasteiger partial charge in [0.05, 0.1) is 106 Å². The van der Waals surface area contributed by atoms with Crippen LogP contribution in [0.2, 0.25) is 0 Å². The number of para-hydroxylation sites is 3. The Morgan fingerprint density at radius 3 is 1.40 bits per heavy atom. The van der Waals surface area contributed by atoms with Crippen LogP contribution in [0.4, 0.5) is 4.39 Å². The quantitative estimate of drug-likeness (QED) is 0.0434. The fourth-order valence-electron chi connectivity index (χ4n) is 16.2. The molecule has 3 aliphatic heterocycles. The number of benzene rings is 3. The Morgan fingerprint density at radius 2 is 0.975 bits per heavy atom. The highest BCUT2D eigenvalue weighted by Gasteiger charge is 2.56. The van der Waals surface area contributed by atoms with Crippen LogP contribution in [-0.4, -0.2) is 126 Å². The summed E-state index contributed by atoms with van der Waals surface area (Å²) < 4.78 is 52.5. The monoisotopic (exact) mass is 1620 g/mol. The van der Waals surface area contributed by atoms with Crippen molar-refractivity contribution in [3.8, 4) is 34.2 Å². The van der Waals surface area contributed by atoms with E-state index in [1.165, 1.54) is 29.6 Å². The summed E-state index contributed by atoms with van der Waals surface area (Å²) in [4.78, 5) is 95.7. The van der Waals surface area contributed by atoms with E-state index in [0.29, 0.717) is 60.4 Å². The Bertz CT molecular complexity index is 6990. The molecule has 0 amide bonds. The van der Waals surface area contributed by atoms with Crippen LogP contribution in [0.15, 0.2) is 195 Å². The van der Waals surface area contributed by atoms with E-state index in [1.54, 1.807) is 42.5 Å². The van der Waals surface area contributed by atoms with Gasteiger partial charge in [-0.1, -0.05) is 84.5 Å². The second-order valence-corrected chi connectivity index (χ2v) is 29.9. The summed E-state index contributed by atoms with van der Waals surface area (Å²) in [5.41, 5.74) is 11.4. The topological polar surface area (TPSA) is 457 Å². The molecule has 120 heavy (non-hydrogen) atoms. The Kier molecular flexibility index (Phi) is 19.3. The van der Waals surface area contributed by atoms with Gasteiger partial charge in [0.25, 0.3) is 17.7 Å². The first-order valence-electron chi connectivity index (χ1n) is 38.4. The minimum atomic E-state index is -1.46. The van der Waals surface area contributed by atoms with Crippen LogP contribution in [0.5, 0.6) is 0 Å². The highest BCUT2D eigenvalue weighted by Crippen LogP contribution is 2.49. The van der Waals surface area contributed by atoms with Gasteiger partial charge in [0.1, 0.15) is 29.9 Å². The molecule has 0 saturated carbocycles. The number of nitrogens with zero attached hydrogens (tertiary/aromatic N) is 18. The highest BCUT2D eigenvalue weighted by molar-refractivity contribution is 5.88. The molecule has 36 nitrogen and oxygen atoms in total. The predicted octanol–water partition coefficient (Wildman–Crippen LogP) is 10.3. The second kappa shape index (κ2) is 30.2. The fourth-order valence-corrected chi connectivity index (χ4v) is 16.2. The van der Waals surface area contributed by atoms with E-state index in [-0.39, 0.29) is 67.4 Å². The first kappa shape index (κ1) is 76.7. The SMILES string of the molecule is C.CCn1nc(C2(c3noc(C)n3)N[C@@H](c3ncc(-c4ccc(C)cn4)[nH]3)Cc3c2[nH]c2ccccc32)oc1=O.COCc1nc(C2(c3nn(C)c(=O)o3)N[C@@H](c3ncc(-c4ccc(F)cn4)[nH]3)Cc3c2[nH]c2ccccc32)no1.Cc1ccc(-c2cnc([C@H]3Cc4c([nH]c5ccccc45)C(c4cnn(C)c4)(c4nn(C(C)C)c(=O)o4)N3)[nH]2)nc1. The van der Waals surface area contributed by atoms with Crippen molar-refractivity contribution >= 4 is 32.7 Å². The number of aryl methyl sites for hydroxylation is 6. The number of H-pyrrole nitrogens is 6. The maximum absolute atomic E-state index is 13.5. The molecule has 0 radical (unpaired) electrons. The van der Waals surface area contributed by atoms with Gasteiger partial charge in [0.15, 0.2) is 5.54 Å². The summed E-state index contributed by atoms with van der Waals surface area (Å²) in [7, 11) is 4.88. The first-order valence-corrected chi connectivity index (χ1v) is 38.4. The van der Waals surface area contributed by atoms with Crippen molar-refractivity contribution in [2.45, 2.75) is 122 Å². The zero-order valence-corrected chi connectivity index (χ0v) is 65.5. The average molecular weight is 1620 g/mol. The molecule has 608 valence electrons. The third kappa shape index (κ3) is 13.0. The molecular formula is C83H80FN27O9. The van der Waals surface area contributed by atoms with Gasteiger partial charge < -0.3 is 56.9 Å². The standard InChI is InChI=1S/C29H29N9O2.C27H25N9O3.C26H22FN9O4.CH4/c1-16(2)38-28(39)40-27(36-38)29(18-13-32-37(4)15-18)25-20(19-7-5-6-8-21(19)33-25)11-23(35-29)26-31-14-24(34-26)22-10-9-17(3)12-30-22;1-4-36-26(37)38-25(34-36)27(24-30-15(3)39-35-24)22-17(16-7-5-6-8-18(16)31-22)11-20(33-27)23-29-13-21(32-23)19-10-9-14(2)12-28-19;1-36-25(37)39-24(34-36)26(23-32-20(12-38-2)40-35-23)21-15(14-5-3-4-6-16(14)30-21)9-18(33-26)22-29-11-19(31-22)17-8-7-13(27)10-28-17;/h5-10,12-16,23,33,35H,11H2,1-4H3,(H,31,34);5-10,12-13,20,31,33H,4,11H2,1-3H3,(H,29,32);3-8,10-11,18,30,33H,9,12H2,1-2H3,(H,29,31);1H4/t23-,29?;20-,27?;18-,26?;/m111./s1. The molecule has 18 aromatic rings. The lowest BCUT2D eigenvalue weighted by Gasteiger charge is -2.38. The van der Waals surface area contributed by atoms with Gasteiger partial charge in [-0.05, 0) is 124 Å². The number of pyridine rings is 3. The van der Waals surface area contributed by atoms with Crippen LogP contribution in [0, 0.1) is 26.6 Å². The maximum Gasteiger partial charge on any atom is 0.437 e. The Labute approximate surface area is 679 Å². The third-order valence-electron chi connectivity index (χ3n) is 21.8. The summed E-state index contributed by atoms with van der Waals surface area (Å²) >= 11 is 0. The van der Waals surface area contributed by atoms with Crippen molar-refractivity contribution in [1.82, 2.24) is 135 Å². The van der Waals surface area contributed by atoms with Crippen molar-refractivity contribution in [3.63, 3.8) is 0 Å². The zero-order valence-electron chi connectivity index (χ0n) is 65.5. The van der Waals surface area contributed by atoms with Gasteiger partial charge in [-0.25, -0.2) is 33.7 Å². The molecule has 21 rings (SSSR count). The Hall–Kier alpha value is -14.6. The maximum atomic E-state index is 13.5. The van der Waals surface area contributed by atoms with E-state index in [4.69, 9.17) is 42.1 Å². The summed E-state index contributed by atoms with van der Waals surface area (Å²) in [6.07, 6.45) is 15.5. The smallest absolute Gasteiger partial charge is 0.389 e. The number of halogens is 1. The number of imidazole rings is 3. The van der Waals surface area contributed by atoms with Crippen molar-refractivity contribution in [2.24, 2.45) is 14.1 Å². The van der Waals surface area contributed by atoms with Crippen LogP contribution in [0.1, 0.15) is 161 Å². The van der Waals surface area contributed by atoms with E-state index < -0.39 is 45.7 Å². The van der Waals surface area contributed by atoms with Gasteiger partial charge in [-0.3, -0.25) is 35.6 Å². The molecule has 0 fully saturated rings. The summed E-state index contributed by atoms with van der Waals surface area (Å²) in [5, 5.41) is 40.8. The van der Waals surface area contributed by atoms with Gasteiger partial charge in [-0.15, -0.1) is 15.3 Å². The number of fused-ring (bicyclic) bond motifs is 9. The summed E-state index contributed by atoms with van der Waals surface area (Å²) in [6, 6.07) is 33.7. The lowest BCUT2D eigenvalue weighted by Crippen LogP contribution is -2.52. The molecule has 3 aliphatic rings. The van der Waals surface area contributed by atoms with Gasteiger partial charge in [-0.2, -0.15) is 29.1 Å². The molecule has 15 aromatic heterocycles. The minimum absolute atomic E-state index is 0. The molecule has 6 atom stereocenters. The molecule has 18 heterocycles. The molecular weight excluding hydrogens is 1540 g/mol. The molecule has 0 spiro atoms. The number of nitrogens with one attached hydrogen (secondary N) is 9. The number of aromatic nitrogens is 24. The number of methoxy groups -OCH3 is 1. The number of rotatable bonds is 16. The summed E-state index contributed by atoms with van der Waals surface area (Å²) in [5.74, 6) is 1.25. The second-order valence-electron chi connectivity index (χ2n) is 29.9. The van der Waals surface area contributed by atoms with Crippen LogP contribution in [-0.2, 0) is 67.9 Å². The Balaban J connectivity index is 0.000000123. The van der Waals surface area contributed by atoms with E-state index in [0.717, 1.165) is 117 Å². The van der Waals surface area contributed by atoms with Crippen molar-refractivity contribution < 1.29 is 31.4 Å². The van der Waals surface area contributed by atoms with E-state index in [2.05, 4.69) is 114 Å². The van der Waals surface area contributed by atoms with Crippen LogP contribution in [0.25, 0.3) is 66.9 Å². The van der Waals surface area contributed by atoms with Crippen LogP contribution < -0.4 is 33.2 Å². The minimum Gasteiger partial charge on any atom is -0.389 e. The number of hydrogen-bond acceptors (Lipinski definition) is 26. The molecule has 3 unspecified atom stereocenters. The van der Waals surface area contributed by atoms with Gasteiger partial charge in [0.2, 0.25) is 34.5 Å². The normalized spacial score (nSPS) is 18.8. The van der Waals surface area contributed by atoms with Gasteiger partial charge in [0, 0.05) is 91.5 Å². The molecule has 37 heteroatoms. The fraction of sp³-hybridized carbons (Fsp3) is 0.265. The number of aromatic amines is 6. The molecule has 9 N–H and O–H groups in total. The van der Waals surface area contributed by atoms with Gasteiger partial charge >= 0.3 is 17.3 Å². The van der Waals surface area contributed by atoms with Crippen molar-refractivity contribution in [2.75, 3.05) is 7.11 Å². The zero-order chi connectivity index (χ0) is 81.8. The van der Waals surface area contributed by atoms with E-state index >= 15 is 0 Å². The average Bonchev–Trinajstić information content (AvgIpc) is 1.55. The Morgan fingerprint density at radius 1 is 0.517 bits per heavy atom. The highest BCUT2D eigenvalue weighted by atomic mass is 19.1. The van der Waals surface area contributed by atoms with E-state index in [1.807, 2.05) is 145 Å². The largest absolute Gasteiger partial charge is 0.437 e. The predicted molar refractivity (Wildman–Crippen MR) is 431 cm³/mol. The lowest BCUT2D eigenvalue weighted by molar-refractivity contribution is 0.151. The first-order chi connectivity index (χ1) is 57.7. The number of ether oxygens (including phenoxy) is 1. The van der Waals surface area contributed by atoms with E-state index in [9.17, 15) is 18.8 Å². The molecule has 0 aliphatic carbocycles.